The first-order valence-corrected chi connectivity index (χ1v) is 8.94. The highest BCUT2D eigenvalue weighted by Gasteiger charge is 2.19. The van der Waals surface area contributed by atoms with Crippen LogP contribution in [0.4, 0.5) is 5.69 Å². The first kappa shape index (κ1) is 19.5. The van der Waals surface area contributed by atoms with Crippen LogP contribution < -0.4 is 10.1 Å². The van der Waals surface area contributed by atoms with Gasteiger partial charge in [0.2, 0.25) is 0 Å². The number of carbonyl (C=O) groups excluding carboxylic acids is 2. The van der Waals surface area contributed by atoms with Gasteiger partial charge in [-0.25, -0.2) is 0 Å². The van der Waals surface area contributed by atoms with Crippen molar-refractivity contribution in [1.29, 1.82) is 0 Å². The molecule has 0 unspecified atom stereocenters. The molecule has 0 aliphatic rings. The summed E-state index contributed by atoms with van der Waals surface area (Å²) < 4.78 is 5.11. The number of amides is 2. The molecule has 0 bridgehead atoms. The third-order valence-corrected chi connectivity index (χ3v) is 4.03. The van der Waals surface area contributed by atoms with E-state index in [2.05, 4.69) is 5.32 Å². The Balaban J connectivity index is 2.21. The highest BCUT2D eigenvalue weighted by molar-refractivity contribution is 6.09. The highest BCUT2D eigenvalue weighted by atomic mass is 16.5. The van der Waals surface area contributed by atoms with E-state index in [1.165, 1.54) is 0 Å². The second-order valence-corrected chi connectivity index (χ2v) is 6.02. The third kappa shape index (κ3) is 4.85. The van der Waals surface area contributed by atoms with Crippen LogP contribution in [-0.2, 0) is 0 Å². The number of para-hydroxylation sites is 1. The molecule has 0 fully saturated rings. The summed E-state index contributed by atoms with van der Waals surface area (Å²) in [5.41, 5.74) is 1.54. The van der Waals surface area contributed by atoms with Crippen molar-refractivity contribution in [3.05, 3.63) is 59.7 Å². The zero-order valence-electron chi connectivity index (χ0n) is 15.6. The molecule has 138 valence electrons. The van der Waals surface area contributed by atoms with Crippen LogP contribution in [0.2, 0.25) is 0 Å². The molecule has 2 amide bonds. The van der Waals surface area contributed by atoms with Crippen LogP contribution >= 0.6 is 0 Å². The van der Waals surface area contributed by atoms with Crippen molar-refractivity contribution >= 4 is 17.5 Å². The lowest BCUT2D eigenvalue weighted by molar-refractivity contribution is 0.0756. The summed E-state index contributed by atoms with van der Waals surface area (Å²) in [6, 6.07) is 14.0. The van der Waals surface area contributed by atoms with Gasteiger partial charge in [0, 0.05) is 18.7 Å². The second kappa shape index (κ2) is 9.61. The Morgan fingerprint density at radius 3 is 2.15 bits per heavy atom. The Bertz CT molecular complexity index is 735. The van der Waals surface area contributed by atoms with Gasteiger partial charge in [-0.05, 0) is 49.2 Å². The van der Waals surface area contributed by atoms with Gasteiger partial charge in [0.25, 0.3) is 11.8 Å². The Hall–Kier alpha value is -2.82. The predicted octanol–water partition coefficient (Wildman–Crippen LogP) is 4.21. The molecule has 0 radical (unpaired) electrons. The average molecular weight is 354 g/mol. The number of nitrogens with one attached hydrogen (secondary N) is 1. The van der Waals surface area contributed by atoms with Gasteiger partial charge in [-0.1, -0.05) is 26.0 Å². The fraction of sp³-hybridized carbons (Fsp3) is 0.333. The maximum absolute atomic E-state index is 12.9. The van der Waals surface area contributed by atoms with Crippen molar-refractivity contribution in [2.75, 3.05) is 25.5 Å². The van der Waals surface area contributed by atoms with E-state index in [0.29, 0.717) is 35.7 Å². The second-order valence-electron chi connectivity index (χ2n) is 6.02. The molecule has 2 aromatic carbocycles. The van der Waals surface area contributed by atoms with Crippen molar-refractivity contribution in [2.45, 2.75) is 26.7 Å². The Morgan fingerprint density at radius 1 is 0.962 bits per heavy atom. The molecule has 5 nitrogen and oxygen atoms in total. The van der Waals surface area contributed by atoms with Crippen LogP contribution in [0, 0.1) is 0 Å². The molecule has 0 atom stereocenters. The van der Waals surface area contributed by atoms with Gasteiger partial charge in [0.05, 0.1) is 18.4 Å². The number of methoxy groups -OCH3 is 1. The van der Waals surface area contributed by atoms with Crippen molar-refractivity contribution in [1.82, 2.24) is 4.90 Å². The maximum Gasteiger partial charge on any atom is 0.255 e. The number of ether oxygens (including phenoxy) is 1. The minimum atomic E-state index is -0.259. The van der Waals surface area contributed by atoms with Gasteiger partial charge in [-0.2, -0.15) is 0 Å². The van der Waals surface area contributed by atoms with E-state index < -0.39 is 0 Å². The fourth-order valence-electron chi connectivity index (χ4n) is 2.74. The minimum absolute atomic E-state index is 0.0562. The molecule has 0 heterocycles. The molecule has 5 heteroatoms. The largest absolute Gasteiger partial charge is 0.497 e. The molecular weight excluding hydrogens is 328 g/mol. The van der Waals surface area contributed by atoms with Gasteiger partial charge in [0.15, 0.2) is 0 Å². The van der Waals surface area contributed by atoms with E-state index in [4.69, 9.17) is 4.74 Å². The normalized spacial score (nSPS) is 10.3. The van der Waals surface area contributed by atoms with Crippen LogP contribution in [0.1, 0.15) is 47.4 Å². The van der Waals surface area contributed by atoms with Crippen molar-refractivity contribution in [2.24, 2.45) is 0 Å². The number of nitrogens with zero attached hydrogens (tertiary/aromatic N) is 1. The molecule has 2 rings (SSSR count). The number of hydrogen-bond donors (Lipinski definition) is 1. The molecule has 0 saturated heterocycles. The van der Waals surface area contributed by atoms with Crippen molar-refractivity contribution in [3.63, 3.8) is 0 Å². The maximum atomic E-state index is 12.9. The third-order valence-electron chi connectivity index (χ3n) is 4.03. The molecule has 0 aliphatic heterocycles. The Morgan fingerprint density at radius 2 is 1.58 bits per heavy atom. The average Bonchev–Trinajstić information content (AvgIpc) is 2.67. The van der Waals surface area contributed by atoms with Crippen LogP contribution in [0.5, 0.6) is 5.75 Å². The number of hydrogen-bond acceptors (Lipinski definition) is 3. The van der Waals surface area contributed by atoms with Gasteiger partial charge >= 0.3 is 0 Å². The molecule has 1 N–H and O–H groups in total. The molecular formula is C21H26N2O3. The molecule has 26 heavy (non-hydrogen) atoms. The van der Waals surface area contributed by atoms with Gasteiger partial charge < -0.3 is 15.0 Å². The summed E-state index contributed by atoms with van der Waals surface area (Å²) >= 11 is 0. The summed E-state index contributed by atoms with van der Waals surface area (Å²) in [6.45, 7) is 5.50. The van der Waals surface area contributed by atoms with Crippen molar-refractivity contribution < 1.29 is 14.3 Å². The topological polar surface area (TPSA) is 58.6 Å². The van der Waals surface area contributed by atoms with Crippen LogP contribution in [0.15, 0.2) is 48.5 Å². The first-order valence-electron chi connectivity index (χ1n) is 8.94. The van der Waals surface area contributed by atoms with Crippen LogP contribution in [0.25, 0.3) is 0 Å². The summed E-state index contributed by atoms with van der Waals surface area (Å²) in [7, 11) is 1.58. The van der Waals surface area contributed by atoms with E-state index in [-0.39, 0.29) is 11.8 Å². The molecule has 0 aromatic heterocycles. The first-order chi connectivity index (χ1) is 12.6. The van der Waals surface area contributed by atoms with Gasteiger partial charge in [0.1, 0.15) is 5.75 Å². The quantitative estimate of drug-likeness (QED) is 0.772. The minimum Gasteiger partial charge on any atom is -0.497 e. The highest BCUT2D eigenvalue weighted by Crippen LogP contribution is 2.20. The Kier molecular flexibility index (Phi) is 7.21. The SMILES string of the molecule is CCCN(CCC)C(=O)c1ccccc1NC(=O)c1ccc(OC)cc1. The molecule has 2 aromatic rings. The van der Waals surface area contributed by atoms with Crippen LogP contribution in [0.3, 0.4) is 0 Å². The van der Waals surface area contributed by atoms with E-state index in [0.717, 1.165) is 12.8 Å². The fourth-order valence-corrected chi connectivity index (χ4v) is 2.74. The lowest BCUT2D eigenvalue weighted by Crippen LogP contribution is -2.33. The van der Waals surface area contributed by atoms with E-state index in [9.17, 15) is 9.59 Å². The molecule has 0 aliphatic carbocycles. The summed E-state index contributed by atoms with van der Waals surface area (Å²) in [5, 5.41) is 2.86. The smallest absolute Gasteiger partial charge is 0.255 e. The summed E-state index contributed by atoms with van der Waals surface area (Å²) in [4.78, 5) is 27.3. The van der Waals surface area contributed by atoms with Gasteiger partial charge in [-0.15, -0.1) is 0 Å². The molecule has 0 spiro atoms. The molecule has 0 saturated carbocycles. The zero-order chi connectivity index (χ0) is 18.9. The summed E-state index contributed by atoms with van der Waals surface area (Å²) in [5.74, 6) is 0.372. The monoisotopic (exact) mass is 354 g/mol. The van der Waals surface area contributed by atoms with Crippen LogP contribution in [-0.4, -0.2) is 36.9 Å². The number of carbonyl (C=O) groups is 2. The number of anilines is 1. The summed E-state index contributed by atoms with van der Waals surface area (Å²) in [6.07, 6.45) is 1.79. The van der Waals surface area contributed by atoms with Gasteiger partial charge in [-0.3, -0.25) is 9.59 Å². The lowest BCUT2D eigenvalue weighted by Gasteiger charge is -2.23. The number of rotatable bonds is 8. The van der Waals surface area contributed by atoms with Crippen molar-refractivity contribution in [3.8, 4) is 5.75 Å². The Labute approximate surface area is 155 Å². The number of benzene rings is 2. The van der Waals surface area contributed by atoms with E-state index >= 15 is 0 Å². The standard InChI is InChI=1S/C21H26N2O3/c1-4-14-23(15-5-2)21(25)18-8-6-7-9-19(18)22-20(24)16-10-12-17(26-3)13-11-16/h6-13H,4-5,14-15H2,1-3H3,(H,22,24). The zero-order valence-corrected chi connectivity index (χ0v) is 15.6. The van der Waals surface area contributed by atoms with E-state index in [1.54, 1.807) is 43.5 Å². The predicted molar refractivity (Wildman–Crippen MR) is 104 cm³/mol. The lowest BCUT2D eigenvalue weighted by atomic mass is 10.1. The van der Waals surface area contributed by atoms with E-state index in [1.807, 2.05) is 30.9 Å².